The molecule has 21 heavy (non-hydrogen) atoms. The molecule has 0 aromatic carbocycles. The molecule has 0 unspecified atom stereocenters. The number of sulfonamides is 1. The van der Waals surface area contributed by atoms with E-state index in [9.17, 15) is 8.42 Å². The average Bonchev–Trinajstić information content (AvgIpc) is 3.07. The van der Waals surface area contributed by atoms with Gasteiger partial charge in [0.05, 0.1) is 6.54 Å². The quantitative estimate of drug-likeness (QED) is 0.651. The van der Waals surface area contributed by atoms with E-state index in [0.29, 0.717) is 30.6 Å². The first kappa shape index (κ1) is 15.7. The van der Waals surface area contributed by atoms with Crippen LogP contribution in [0.2, 0.25) is 0 Å². The topological polar surface area (TPSA) is 113 Å². The fraction of sp³-hybridized carbons (Fsp3) is 0.500. The van der Waals surface area contributed by atoms with Crippen molar-refractivity contribution in [3.05, 3.63) is 30.0 Å². The third-order valence-corrected chi connectivity index (χ3v) is 4.04. The summed E-state index contributed by atoms with van der Waals surface area (Å²) >= 11 is 0. The Morgan fingerprint density at radius 3 is 2.86 bits per heavy atom. The summed E-state index contributed by atoms with van der Waals surface area (Å²) < 4.78 is 31.9. The maximum atomic E-state index is 12.0. The molecule has 0 fully saturated rings. The molecule has 0 atom stereocenters. The van der Waals surface area contributed by atoms with E-state index < -0.39 is 10.0 Å². The lowest BCUT2D eigenvalue weighted by molar-refractivity contribution is 0.393. The third-order valence-electron chi connectivity index (χ3n) is 2.71. The SMILES string of the molecule is CC(C)NCc1ccc(S(=O)(=O)NCCc2ncn[nH]2)o1. The monoisotopic (exact) mass is 313 g/mol. The number of hydrogen-bond acceptors (Lipinski definition) is 6. The predicted octanol–water partition coefficient (Wildman–Crippen LogP) is 0.417. The number of nitrogens with one attached hydrogen (secondary N) is 3. The second-order valence-corrected chi connectivity index (χ2v) is 6.53. The Labute approximate surface area is 123 Å². The normalized spacial score (nSPS) is 12.1. The maximum Gasteiger partial charge on any atom is 0.273 e. The van der Waals surface area contributed by atoms with Crippen LogP contribution in [0.4, 0.5) is 0 Å². The number of H-pyrrole nitrogens is 1. The van der Waals surface area contributed by atoms with E-state index in [1.165, 1.54) is 12.4 Å². The number of furan rings is 1. The van der Waals surface area contributed by atoms with Crippen LogP contribution in [0.3, 0.4) is 0 Å². The molecule has 0 bridgehead atoms. The Hall–Kier alpha value is -1.71. The van der Waals surface area contributed by atoms with Crippen LogP contribution in [0, 0.1) is 0 Å². The van der Waals surface area contributed by atoms with Crippen molar-refractivity contribution >= 4 is 10.0 Å². The van der Waals surface area contributed by atoms with E-state index in [1.54, 1.807) is 6.07 Å². The lowest BCUT2D eigenvalue weighted by Gasteiger charge is -2.05. The van der Waals surface area contributed by atoms with Gasteiger partial charge in [0, 0.05) is 19.0 Å². The molecule has 0 aliphatic heterocycles. The summed E-state index contributed by atoms with van der Waals surface area (Å²) in [5.41, 5.74) is 0. The van der Waals surface area contributed by atoms with Gasteiger partial charge in [0.25, 0.3) is 10.0 Å². The zero-order chi connectivity index (χ0) is 15.3. The third kappa shape index (κ3) is 4.66. The van der Waals surface area contributed by atoms with Crippen LogP contribution >= 0.6 is 0 Å². The highest BCUT2D eigenvalue weighted by molar-refractivity contribution is 7.89. The van der Waals surface area contributed by atoms with Crippen LogP contribution in [-0.4, -0.2) is 36.2 Å². The molecule has 0 aliphatic carbocycles. The first-order valence-corrected chi connectivity index (χ1v) is 8.11. The summed E-state index contributed by atoms with van der Waals surface area (Å²) in [6.07, 6.45) is 1.81. The lowest BCUT2D eigenvalue weighted by Crippen LogP contribution is -2.26. The van der Waals surface area contributed by atoms with Gasteiger partial charge >= 0.3 is 0 Å². The molecule has 0 saturated carbocycles. The molecule has 8 nitrogen and oxygen atoms in total. The first-order chi connectivity index (χ1) is 9.97. The van der Waals surface area contributed by atoms with Crippen LogP contribution in [0.1, 0.15) is 25.4 Å². The van der Waals surface area contributed by atoms with E-state index in [2.05, 4.69) is 25.2 Å². The largest absolute Gasteiger partial charge is 0.447 e. The zero-order valence-corrected chi connectivity index (χ0v) is 12.8. The van der Waals surface area contributed by atoms with E-state index in [-0.39, 0.29) is 11.6 Å². The van der Waals surface area contributed by atoms with Gasteiger partial charge in [-0.3, -0.25) is 5.10 Å². The van der Waals surface area contributed by atoms with Gasteiger partial charge in [-0.25, -0.2) is 18.1 Å². The molecule has 9 heteroatoms. The molecule has 0 saturated heterocycles. The molecule has 0 aliphatic rings. The second-order valence-electron chi connectivity index (χ2n) is 4.84. The molecule has 2 heterocycles. The van der Waals surface area contributed by atoms with E-state index in [4.69, 9.17) is 4.42 Å². The highest BCUT2D eigenvalue weighted by Crippen LogP contribution is 2.13. The predicted molar refractivity (Wildman–Crippen MR) is 76.0 cm³/mol. The summed E-state index contributed by atoms with van der Waals surface area (Å²) in [6.45, 7) is 4.72. The van der Waals surface area contributed by atoms with Crippen molar-refractivity contribution in [1.29, 1.82) is 0 Å². The van der Waals surface area contributed by atoms with Crippen LogP contribution in [0.15, 0.2) is 28.0 Å². The smallest absolute Gasteiger partial charge is 0.273 e. The second kappa shape index (κ2) is 6.83. The van der Waals surface area contributed by atoms with E-state index >= 15 is 0 Å². The number of aromatic nitrogens is 3. The van der Waals surface area contributed by atoms with Crippen molar-refractivity contribution in [1.82, 2.24) is 25.2 Å². The fourth-order valence-corrected chi connectivity index (χ4v) is 2.61. The summed E-state index contributed by atoms with van der Waals surface area (Å²) in [5.74, 6) is 1.21. The zero-order valence-electron chi connectivity index (χ0n) is 12.0. The molecule has 0 amide bonds. The number of aromatic amines is 1. The fourth-order valence-electron chi connectivity index (χ4n) is 1.63. The van der Waals surface area contributed by atoms with E-state index in [1.807, 2.05) is 13.8 Å². The van der Waals surface area contributed by atoms with E-state index in [0.717, 1.165) is 0 Å². The van der Waals surface area contributed by atoms with Crippen molar-refractivity contribution in [2.75, 3.05) is 6.54 Å². The molecule has 2 rings (SSSR count). The Morgan fingerprint density at radius 1 is 1.38 bits per heavy atom. The van der Waals surface area contributed by atoms with Gasteiger partial charge in [-0.05, 0) is 12.1 Å². The van der Waals surface area contributed by atoms with Crippen LogP contribution in [0.25, 0.3) is 0 Å². The van der Waals surface area contributed by atoms with Gasteiger partial charge in [0.1, 0.15) is 17.9 Å². The minimum absolute atomic E-state index is 0.0828. The highest BCUT2D eigenvalue weighted by atomic mass is 32.2. The van der Waals surface area contributed by atoms with Crippen molar-refractivity contribution in [3.8, 4) is 0 Å². The summed E-state index contributed by atoms with van der Waals surface area (Å²) in [4.78, 5) is 3.92. The molecule has 0 radical (unpaired) electrons. The average molecular weight is 313 g/mol. The highest BCUT2D eigenvalue weighted by Gasteiger charge is 2.18. The summed E-state index contributed by atoms with van der Waals surface area (Å²) in [6, 6.07) is 3.41. The van der Waals surface area contributed by atoms with Gasteiger partial charge in [-0.1, -0.05) is 13.8 Å². The standard InChI is InChI=1S/C12H19N5O3S/c1-9(2)13-7-10-3-4-12(20-10)21(18,19)16-6-5-11-14-8-15-17-11/h3-4,8-9,13,16H,5-7H2,1-2H3,(H,14,15,17). The minimum Gasteiger partial charge on any atom is -0.447 e. The summed E-state index contributed by atoms with van der Waals surface area (Å²) in [7, 11) is -3.64. The maximum absolute atomic E-state index is 12.0. The van der Waals surface area contributed by atoms with Gasteiger partial charge < -0.3 is 9.73 Å². The van der Waals surface area contributed by atoms with Crippen molar-refractivity contribution in [2.45, 2.75) is 37.9 Å². The van der Waals surface area contributed by atoms with Crippen molar-refractivity contribution in [2.24, 2.45) is 0 Å². The number of hydrogen-bond donors (Lipinski definition) is 3. The lowest BCUT2D eigenvalue weighted by atomic mass is 10.3. The summed E-state index contributed by atoms with van der Waals surface area (Å²) in [5, 5.41) is 9.44. The Balaban J connectivity index is 1.89. The Kier molecular flexibility index (Phi) is 5.10. The van der Waals surface area contributed by atoms with Crippen molar-refractivity contribution in [3.63, 3.8) is 0 Å². The van der Waals surface area contributed by atoms with Crippen molar-refractivity contribution < 1.29 is 12.8 Å². The molecule has 0 spiro atoms. The molecule has 2 aromatic heterocycles. The Morgan fingerprint density at radius 2 is 2.19 bits per heavy atom. The van der Waals surface area contributed by atoms with Gasteiger partial charge in [0.2, 0.25) is 5.09 Å². The van der Waals surface area contributed by atoms with Crippen LogP contribution < -0.4 is 10.0 Å². The molecule has 3 N–H and O–H groups in total. The minimum atomic E-state index is -3.64. The number of rotatable bonds is 8. The Bertz CT molecular complexity index is 648. The molecular weight excluding hydrogens is 294 g/mol. The van der Waals surface area contributed by atoms with Gasteiger partial charge in [-0.15, -0.1) is 0 Å². The molecule has 2 aromatic rings. The van der Waals surface area contributed by atoms with Crippen LogP contribution in [-0.2, 0) is 23.0 Å². The van der Waals surface area contributed by atoms with Crippen LogP contribution in [0.5, 0.6) is 0 Å². The van der Waals surface area contributed by atoms with Gasteiger partial charge in [0.15, 0.2) is 0 Å². The number of nitrogens with zero attached hydrogens (tertiary/aromatic N) is 2. The first-order valence-electron chi connectivity index (χ1n) is 6.63. The molecule has 116 valence electrons. The molecular formula is C12H19N5O3S. The van der Waals surface area contributed by atoms with Gasteiger partial charge in [-0.2, -0.15) is 5.10 Å².